The van der Waals surface area contributed by atoms with Crippen LogP contribution < -0.4 is 10.6 Å². The third-order valence-corrected chi connectivity index (χ3v) is 2.85. The van der Waals surface area contributed by atoms with Gasteiger partial charge in [0, 0.05) is 5.92 Å². The minimum absolute atomic E-state index is 0.0571. The zero-order valence-corrected chi connectivity index (χ0v) is 9.37. The van der Waals surface area contributed by atoms with Crippen molar-refractivity contribution in [2.75, 3.05) is 20.2 Å². The third kappa shape index (κ3) is 2.92. The van der Waals surface area contributed by atoms with Crippen molar-refractivity contribution < 1.29 is 14.3 Å². The standard InChI is InChI=1S/C10H18N2O3/c1-6(8-4-11-5-8)9(13)12-7(2)10(14)15-3/h6-8,11H,4-5H2,1-3H3,(H,12,13)/t6?,7-/m0/s1. The molecular formula is C10H18N2O3. The van der Waals surface area contributed by atoms with Crippen LogP contribution in [0, 0.1) is 11.8 Å². The molecule has 0 aromatic carbocycles. The van der Waals surface area contributed by atoms with E-state index >= 15 is 0 Å². The number of ether oxygens (including phenoxy) is 1. The molecule has 0 aromatic rings. The summed E-state index contributed by atoms with van der Waals surface area (Å²) in [5.41, 5.74) is 0. The van der Waals surface area contributed by atoms with Gasteiger partial charge in [0.15, 0.2) is 0 Å². The molecule has 0 aliphatic carbocycles. The average molecular weight is 214 g/mol. The van der Waals surface area contributed by atoms with Crippen LogP contribution in [0.25, 0.3) is 0 Å². The first-order valence-corrected chi connectivity index (χ1v) is 5.15. The van der Waals surface area contributed by atoms with Crippen LogP contribution in [-0.4, -0.2) is 38.1 Å². The molecular weight excluding hydrogens is 196 g/mol. The third-order valence-electron chi connectivity index (χ3n) is 2.85. The maximum atomic E-state index is 11.7. The summed E-state index contributed by atoms with van der Waals surface area (Å²) in [5.74, 6) is -0.171. The predicted octanol–water partition coefficient (Wildman–Crippen LogP) is -0.480. The summed E-state index contributed by atoms with van der Waals surface area (Å²) in [5, 5.41) is 5.75. The van der Waals surface area contributed by atoms with Crippen molar-refractivity contribution in [2.45, 2.75) is 19.9 Å². The fourth-order valence-electron chi connectivity index (χ4n) is 1.46. The van der Waals surface area contributed by atoms with E-state index in [1.54, 1.807) is 6.92 Å². The van der Waals surface area contributed by atoms with Crippen LogP contribution >= 0.6 is 0 Å². The molecule has 1 fully saturated rings. The number of nitrogens with one attached hydrogen (secondary N) is 2. The molecule has 1 amide bonds. The number of amides is 1. The Bertz CT molecular complexity index is 251. The van der Waals surface area contributed by atoms with E-state index in [1.807, 2.05) is 6.92 Å². The second kappa shape index (κ2) is 5.11. The van der Waals surface area contributed by atoms with E-state index in [2.05, 4.69) is 15.4 Å². The molecule has 1 heterocycles. The Morgan fingerprint density at radius 3 is 2.40 bits per heavy atom. The highest BCUT2D eigenvalue weighted by molar-refractivity contribution is 5.85. The molecule has 1 saturated heterocycles. The summed E-state index contributed by atoms with van der Waals surface area (Å²) in [4.78, 5) is 22.7. The SMILES string of the molecule is COC(=O)[C@H](C)NC(=O)C(C)C1CNC1. The summed E-state index contributed by atoms with van der Waals surface area (Å²) in [7, 11) is 1.31. The maximum Gasteiger partial charge on any atom is 0.328 e. The van der Waals surface area contributed by atoms with Gasteiger partial charge in [-0.05, 0) is 25.9 Å². The molecule has 2 N–H and O–H groups in total. The van der Waals surface area contributed by atoms with Gasteiger partial charge in [-0.15, -0.1) is 0 Å². The van der Waals surface area contributed by atoms with Crippen molar-refractivity contribution in [3.05, 3.63) is 0 Å². The molecule has 5 nitrogen and oxygen atoms in total. The molecule has 1 rings (SSSR count). The molecule has 15 heavy (non-hydrogen) atoms. The van der Waals surface area contributed by atoms with Crippen molar-refractivity contribution in [1.82, 2.24) is 10.6 Å². The Morgan fingerprint density at radius 2 is 2.00 bits per heavy atom. The number of methoxy groups -OCH3 is 1. The smallest absolute Gasteiger partial charge is 0.328 e. The minimum atomic E-state index is -0.571. The highest BCUT2D eigenvalue weighted by Gasteiger charge is 2.30. The monoisotopic (exact) mass is 214 g/mol. The first-order valence-electron chi connectivity index (χ1n) is 5.15. The van der Waals surface area contributed by atoms with Gasteiger partial charge in [-0.25, -0.2) is 4.79 Å². The van der Waals surface area contributed by atoms with Crippen molar-refractivity contribution >= 4 is 11.9 Å². The van der Waals surface area contributed by atoms with Gasteiger partial charge in [0.1, 0.15) is 6.04 Å². The summed E-state index contributed by atoms with van der Waals surface area (Å²) in [6.07, 6.45) is 0. The van der Waals surface area contributed by atoms with Crippen molar-refractivity contribution in [1.29, 1.82) is 0 Å². The topological polar surface area (TPSA) is 67.4 Å². The molecule has 5 heteroatoms. The van der Waals surface area contributed by atoms with Crippen LogP contribution in [0.2, 0.25) is 0 Å². The highest BCUT2D eigenvalue weighted by Crippen LogP contribution is 2.15. The van der Waals surface area contributed by atoms with Gasteiger partial charge in [0.25, 0.3) is 0 Å². The van der Waals surface area contributed by atoms with Gasteiger partial charge in [0.05, 0.1) is 7.11 Å². The molecule has 2 atom stereocenters. The lowest BCUT2D eigenvalue weighted by atomic mass is 9.88. The van der Waals surface area contributed by atoms with E-state index < -0.39 is 12.0 Å². The second-order valence-corrected chi connectivity index (χ2v) is 3.96. The van der Waals surface area contributed by atoms with E-state index in [0.717, 1.165) is 13.1 Å². The van der Waals surface area contributed by atoms with Gasteiger partial charge >= 0.3 is 5.97 Å². The molecule has 0 spiro atoms. The molecule has 0 aromatic heterocycles. The minimum Gasteiger partial charge on any atom is -0.467 e. The molecule has 1 unspecified atom stereocenters. The molecule has 1 aliphatic rings. The normalized spacial score (nSPS) is 19.9. The van der Waals surface area contributed by atoms with Crippen LogP contribution in [-0.2, 0) is 14.3 Å². The lowest BCUT2D eigenvalue weighted by molar-refractivity contribution is -0.145. The zero-order chi connectivity index (χ0) is 11.4. The van der Waals surface area contributed by atoms with Crippen LogP contribution in [0.1, 0.15) is 13.8 Å². The van der Waals surface area contributed by atoms with E-state index in [0.29, 0.717) is 5.92 Å². The number of carbonyl (C=O) groups excluding carboxylic acids is 2. The number of rotatable bonds is 4. The largest absolute Gasteiger partial charge is 0.467 e. The fourth-order valence-corrected chi connectivity index (χ4v) is 1.46. The average Bonchev–Trinajstić information content (AvgIpc) is 2.13. The van der Waals surface area contributed by atoms with Gasteiger partial charge < -0.3 is 15.4 Å². The van der Waals surface area contributed by atoms with Crippen molar-refractivity contribution in [3.63, 3.8) is 0 Å². The summed E-state index contributed by atoms with van der Waals surface area (Å²) in [6.45, 7) is 5.25. The van der Waals surface area contributed by atoms with Gasteiger partial charge in [-0.2, -0.15) is 0 Å². The highest BCUT2D eigenvalue weighted by atomic mass is 16.5. The zero-order valence-electron chi connectivity index (χ0n) is 9.37. The van der Waals surface area contributed by atoms with Crippen LogP contribution in [0.5, 0.6) is 0 Å². The number of hydrogen-bond donors (Lipinski definition) is 2. The fraction of sp³-hybridized carbons (Fsp3) is 0.800. The molecule has 0 bridgehead atoms. The van der Waals surface area contributed by atoms with Crippen LogP contribution in [0.4, 0.5) is 0 Å². The molecule has 0 saturated carbocycles. The Kier molecular flexibility index (Phi) is 4.08. The Morgan fingerprint density at radius 1 is 1.40 bits per heavy atom. The predicted molar refractivity (Wildman–Crippen MR) is 55.1 cm³/mol. The summed E-state index contributed by atoms with van der Waals surface area (Å²) in [6, 6.07) is -0.571. The number of hydrogen-bond acceptors (Lipinski definition) is 4. The van der Waals surface area contributed by atoms with Crippen LogP contribution in [0.3, 0.4) is 0 Å². The van der Waals surface area contributed by atoms with E-state index in [4.69, 9.17) is 0 Å². The van der Waals surface area contributed by atoms with Crippen molar-refractivity contribution in [2.24, 2.45) is 11.8 Å². The first-order chi connectivity index (χ1) is 7.06. The summed E-state index contributed by atoms with van der Waals surface area (Å²) < 4.78 is 4.53. The Hall–Kier alpha value is -1.10. The van der Waals surface area contributed by atoms with Gasteiger partial charge in [0.2, 0.25) is 5.91 Å². The van der Waals surface area contributed by atoms with Gasteiger partial charge in [-0.3, -0.25) is 4.79 Å². The number of carbonyl (C=O) groups is 2. The lowest BCUT2D eigenvalue weighted by Gasteiger charge is -2.32. The van der Waals surface area contributed by atoms with E-state index in [-0.39, 0.29) is 11.8 Å². The number of esters is 1. The Labute approximate surface area is 89.6 Å². The second-order valence-electron chi connectivity index (χ2n) is 3.96. The van der Waals surface area contributed by atoms with Crippen LogP contribution in [0.15, 0.2) is 0 Å². The van der Waals surface area contributed by atoms with Crippen molar-refractivity contribution in [3.8, 4) is 0 Å². The molecule has 86 valence electrons. The quantitative estimate of drug-likeness (QED) is 0.620. The molecule has 0 radical (unpaired) electrons. The Balaban J connectivity index is 2.36. The van der Waals surface area contributed by atoms with E-state index in [1.165, 1.54) is 7.11 Å². The maximum absolute atomic E-state index is 11.7. The van der Waals surface area contributed by atoms with E-state index in [9.17, 15) is 9.59 Å². The lowest BCUT2D eigenvalue weighted by Crippen LogP contribution is -2.51. The first kappa shape index (κ1) is 12.0. The summed E-state index contributed by atoms with van der Waals surface area (Å²) >= 11 is 0. The van der Waals surface area contributed by atoms with Gasteiger partial charge in [-0.1, -0.05) is 6.92 Å². The molecule has 1 aliphatic heterocycles.